The Morgan fingerprint density at radius 2 is 0.453 bits per heavy atom. The lowest BCUT2D eigenvalue weighted by atomic mass is 9.95. The third kappa shape index (κ3) is 15.1. The van der Waals surface area contributed by atoms with E-state index in [1.54, 1.807) is 0 Å². The molecule has 0 radical (unpaired) electrons. The highest BCUT2D eigenvalue weighted by atomic mass is 16.8. The van der Waals surface area contributed by atoms with Crippen LogP contribution in [0.1, 0.15) is 20.7 Å². The lowest BCUT2D eigenvalue weighted by Gasteiger charge is -2.50. The van der Waals surface area contributed by atoms with Gasteiger partial charge >= 0.3 is 11.9 Å². The molecule has 23 N–H and O–H groups in total. The summed E-state index contributed by atoms with van der Waals surface area (Å²) in [6.45, 7) is -6.66. The van der Waals surface area contributed by atoms with Crippen LogP contribution in [0.3, 0.4) is 0 Å². The molecule has 39 heteroatoms. The fraction of sp³-hybridized carbons (Fsp3) is 0.750. The summed E-state index contributed by atoms with van der Waals surface area (Å²) in [4.78, 5) is 24.5. The van der Waals surface area contributed by atoms with Gasteiger partial charge in [-0.05, 0) is 24.3 Å². The summed E-state index contributed by atoms with van der Waals surface area (Å²) >= 11 is 0. The number of para-hydroxylation sites is 2. The van der Waals surface area contributed by atoms with Crippen LogP contribution >= 0.6 is 0 Å². The minimum atomic E-state index is -2.31. The molecule has 21 aliphatic heterocycles. The maximum atomic E-state index is 12.2. The van der Waals surface area contributed by atoms with Gasteiger partial charge in [0.1, 0.15) is 171 Å². The average molecular weight is 1370 g/mol. The molecular formula is C56H80N2O37. The third-order valence-electron chi connectivity index (χ3n) is 17.7. The highest BCUT2D eigenvalue weighted by molar-refractivity contribution is 5.94. The first-order valence-corrected chi connectivity index (χ1v) is 30.2. The van der Waals surface area contributed by atoms with Gasteiger partial charge in [-0.25, -0.2) is 9.59 Å². The molecule has 21 saturated heterocycles. The normalized spacial score (nSPS) is 46.9. The predicted octanol–water partition coefficient (Wildman–Crippen LogP) is -11.6. The smallest absolute Gasteiger partial charge is 0.337 e. The number of carboxylic acid groups (broad SMARTS) is 2. The van der Waals surface area contributed by atoms with Crippen molar-refractivity contribution in [3.8, 4) is 0 Å². The average Bonchev–Trinajstić information content (AvgIpc) is 0.788. The van der Waals surface area contributed by atoms with E-state index >= 15 is 0 Å². The zero-order valence-electron chi connectivity index (χ0n) is 49.7. The van der Waals surface area contributed by atoms with Gasteiger partial charge in [0.25, 0.3) is 0 Å². The van der Waals surface area contributed by atoms with Gasteiger partial charge in [-0.1, -0.05) is 24.3 Å². The van der Waals surface area contributed by atoms with Crippen molar-refractivity contribution in [1.29, 1.82) is 0 Å². The van der Waals surface area contributed by atoms with Crippen LogP contribution in [0.5, 0.6) is 0 Å². The quantitative estimate of drug-likeness (QED) is 0.0885. The standard InChI is InChI=1S/C56H80N2O37/c59-11-22-43-29(66)36(73)52(84-22)89-41-20(9-57-18-7-3-1-5-16(18)48(78)79)83-51(35(72)28(41)65)92-44-23(12-60)86-54(38(75)31(44)68)94-46-25(14-62)88-56(40(77)33(46)70)95-47-26(15-63)87-55(39(76)32(47)69)93-45-24(13-61)85-53(37(74)30(45)67)90-42-21(82-50(91-43)34(71)27(42)64)10-58-19-8-4-2-6-17(19)49(80)81/h1-8,20-47,50-77H,9-15H2,(H,78,79)(H,80,81)/t20-,21-,22-,23-,24-,25-,26-,27-,28-,29-,30-,31-,32-,33-,34-,35-,36-,37-,38-,39-,40-,41-,42-,43-,44-,45-,46-,47-,50-,51-,52-,53-,54-,55-,56-/m1/s1. The Bertz CT molecular complexity index is 2750. The molecule has 0 unspecified atom stereocenters. The van der Waals surface area contributed by atoms with E-state index in [0.29, 0.717) is 0 Å². The molecular weight excluding hydrogens is 1290 g/mol. The summed E-state index contributed by atoms with van der Waals surface area (Å²) in [5, 5.41) is 242. The van der Waals surface area contributed by atoms with E-state index in [-0.39, 0.29) is 22.5 Å². The number of aromatic carboxylic acids is 2. The van der Waals surface area contributed by atoms with E-state index in [9.17, 15) is 117 Å². The maximum Gasteiger partial charge on any atom is 0.337 e. The Kier molecular flexibility index (Phi) is 24.3. The van der Waals surface area contributed by atoms with Crippen molar-refractivity contribution in [3.63, 3.8) is 0 Å². The molecule has 0 aliphatic carbocycles. The molecule has 21 aliphatic rings. The first-order valence-electron chi connectivity index (χ1n) is 30.2. The van der Waals surface area contributed by atoms with E-state index in [0.717, 1.165) is 0 Å². The number of carbonyl (C=O) groups is 2. The fourth-order valence-electron chi connectivity index (χ4n) is 12.5. The summed E-state index contributed by atoms with van der Waals surface area (Å²) in [7, 11) is 0. The van der Waals surface area contributed by atoms with E-state index in [1.165, 1.54) is 48.5 Å². The first-order chi connectivity index (χ1) is 45.3. The van der Waals surface area contributed by atoms with Gasteiger partial charge in [-0.3, -0.25) is 0 Å². The number of aliphatic hydroxyl groups excluding tert-OH is 19. The van der Waals surface area contributed by atoms with Crippen molar-refractivity contribution >= 4 is 23.3 Å². The van der Waals surface area contributed by atoms with Gasteiger partial charge < -0.3 is 184 Å². The fourth-order valence-corrected chi connectivity index (χ4v) is 12.5. The van der Waals surface area contributed by atoms with Gasteiger partial charge in [-0.2, -0.15) is 0 Å². The highest BCUT2D eigenvalue weighted by Gasteiger charge is 2.60. The molecule has 2 aromatic rings. The van der Waals surface area contributed by atoms with Crippen LogP contribution < -0.4 is 10.6 Å². The second kappa shape index (κ2) is 31.5. The number of hydrogen-bond acceptors (Lipinski definition) is 37. The van der Waals surface area contributed by atoms with Crippen molar-refractivity contribution in [2.45, 2.75) is 215 Å². The monoisotopic (exact) mass is 1370 g/mol. The second-order valence-corrected chi connectivity index (χ2v) is 23.7. The summed E-state index contributed by atoms with van der Waals surface area (Å²) in [5.74, 6) is -2.80. The molecule has 0 saturated carbocycles. The lowest BCUT2D eigenvalue weighted by molar-refractivity contribution is -0.396. The number of carboxylic acids is 2. The molecule has 39 nitrogen and oxygen atoms in total. The van der Waals surface area contributed by atoms with Crippen molar-refractivity contribution in [3.05, 3.63) is 59.7 Å². The molecule has 35 atom stereocenters. The van der Waals surface area contributed by atoms with Crippen LogP contribution in [-0.4, -0.2) is 380 Å². The zero-order chi connectivity index (χ0) is 68.6. The molecule has 23 rings (SSSR count). The third-order valence-corrected chi connectivity index (χ3v) is 17.7. The van der Waals surface area contributed by atoms with E-state index < -0.39 is 273 Å². The second-order valence-electron chi connectivity index (χ2n) is 23.7. The summed E-state index contributed by atoms with van der Waals surface area (Å²) < 4.78 is 82.5. The Morgan fingerprint density at radius 1 is 0.274 bits per heavy atom. The number of benzene rings is 2. The Morgan fingerprint density at radius 3 is 0.642 bits per heavy atom. The van der Waals surface area contributed by atoms with Crippen LogP contribution in [0, 0.1) is 0 Å². The SMILES string of the molecule is O=C(O)c1ccccc1NC[C@H]1O[C@@H]2O[C@H]3[C@H](O)[C@@H](O)[C@@H](O[C@H]4[C@H](O)[C@@H](O)[C@@H](O[C@H]5[C@H](O)[C@@H](O)[C@@H](O[C@H]6[C@H](O)[C@@H](O)[C@@H](O[C@H]7[C@H](O)[C@@H](O)[C@@H](O[C@H]8[C@H](O)[C@@H](O)[C@@H](O[C@H]1[C@H](O)[C@H]2O)O[C@@H]8CO)O[C@@H]7CNc1ccccc1C(=O)O)O[C@@H]6CO)O[C@@H]5CO)O[C@@H]4CO)O[C@@H]3CO. The molecule has 0 amide bonds. The summed E-state index contributed by atoms with van der Waals surface area (Å²) in [6.07, 6.45) is -72.5. The topological polar surface area (TPSA) is 612 Å². The number of rotatable bonds is 13. The molecule has 95 heavy (non-hydrogen) atoms. The lowest BCUT2D eigenvalue weighted by Crippen LogP contribution is -2.68. The zero-order valence-corrected chi connectivity index (χ0v) is 49.7. The number of hydrogen-bond donors (Lipinski definition) is 23. The van der Waals surface area contributed by atoms with Crippen molar-refractivity contribution < 1.29 is 183 Å². The van der Waals surface area contributed by atoms with Crippen molar-refractivity contribution in [2.24, 2.45) is 0 Å². The van der Waals surface area contributed by atoms with Crippen LogP contribution in [-0.2, 0) is 66.3 Å². The minimum absolute atomic E-state index is 0.0466. The molecule has 21 heterocycles. The minimum Gasteiger partial charge on any atom is -0.478 e. The van der Waals surface area contributed by atoms with Gasteiger partial charge in [-0.15, -0.1) is 0 Å². The Labute approximate surface area is 536 Å². The Hall–Kier alpha value is -4.34. The van der Waals surface area contributed by atoms with Crippen LogP contribution in [0.4, 0.5) is 11.4 Å². The molecule has 21 fully saturated rings. The van der Waals surface area contributed by atoms with Crippen LogP contribution in [0.25, 0.3) is 0 Å². The van der Waals surface area contributed by atoms with Crippen molar-refractivity contribution in [1.82, 2.24) is 0 Å². The summed E-state index contributed by atoms with van der Waals surface area (Å²) in [6, 6.07) is 10.9. The van der Waals surface area contributed by atoms with Crippen molar-refractivity contribution in [2.75, 3.05) is 56.8 Å². The molecule has 14 bridgehead atoms. The van der Waals surface area contributed by atoms with Gasteiger partial charge in [0.05, 0.1) is 44.2 Å². The number of nitrogens with one attached hydrogen (secondary N) is 2. The van der Waals surface area contributed by atoms with E-state index in [4.69, 9.17) is 66.3 Å². The number of ether oxygens (including phenoxy) is 14. The van der Waals surface area contributed by atoms with Gasteiger partial charge in [0.15, 0.2) is 44.0 Å². The number of aliphatic hydroxyl groups is 19. The number of anilines is 2. The van der Waals surface area contributed by atoms with Crippen LogP contribution in [0.2, 0.25) is 0 Å². The molecule has 0 aromatic heterocycles. The largest absolute Gasteiger partial charge is 0.478 e. The predicted molar refractivity (Wildman–Crippen MR) is 298 cm³/mol. The molecule has 536 valence electrons. The molecule has 2 aromatic carbocycles. The van der Waals surface area contributed by atoms with E-state index in [2.05, 4.69) is 10.6 Å². The Balaban J connectivity index is 0.981. The van der Waals surface area contributed by atoms with E-state index in [1.807, 2.05) is 0 Å². The summed E-state index contributed by atoms with van der Waals surface area (Å²) in [5.41, 5.74) is -0.650. The molecule has 0 spiro atoms. The van der Waals surface area contributed by atoms with Gasteiger partial charge in [0.2, 0.25) is 0 Å². The first kappa shape index (κ1) is 73.4. The highest BCUT2D eigenvalue weighted by Crippen LogP contribution is 2.40. The van der Waals surface area contributed by atoms with Gasteiger partial charge in [0, 0.05) is 24.5 Å². The van der Waals surface area contributed by atoms with Crippen LogP contribution in [0.15, 0.2) is 48.5 Å². The maximum absolute atomic E-state index is 12.2.